The Morgan fingerprint density at radius 2 is 1.66 bits per heavy atom. The van der Waals surface area contributed by atoms with E-state index in [2.05, 4.69) is 0 Å². The van der Waals surface area contributed by atoms with Crippen molar-refractivity contribution in [2.45, 2.75) is 45.0 Å². The molecule has 2 aromatic rings. The molecule has 0 aromatic heterocycles. The van der Waals surface area contributed by atoms with E-state index in [0.29, 0.717) is 24.7 Å². The third-order valence-corrected chi connectivity index (χ3v) is 12.2. The molecule has 1 saturated heterocycles. The smallest absolute Gasteiger partial charge is 0.376 e. The van der Waals surface area contributed by atoms with Crippen LogP contribution in [0.25, 0.3) is 0 Å². The molecule has 0 bridgehead atoms. The van der Waals surface area contributed by atoms with Crippen molar-refractivity contribution in [3.8, 4) is 0 Å². The van der Waals surface area contributed by atoms with Gasteiger partial charge in [0.15, 0.2) is 5.60 Å². The van der Waals surface area contributed by atoms with E-state index in [-0.39, 0.29) is 53.2 Å². The summed E-state index contributed by atoms with van der Waals surface area (Å²) in [5.41, 5.74) is -2.57. The second-order valence-corrected chi connectivity index (χ2v) is 15.8. The number of benzene rings is 2. The fourth-order valence-corrected chi connectivity index (χ4v) is 9.19. The van der Waals surface area contributed by atoms with Crippen LogP contribution in [0.2, 0.25) is 0 Å². The van der Waals surface area contributed by atoms with Gasteiger partial charge in [-0.15, -0.1) is 0 Å². The summed E-state index contributed by atoms with van der Waals surface area (Å²) in [4.78, 5) is 2.10. The molecule has 0 unspecified atom stereocenters. The molecule has 1 N–H and O–H groups in total. The van der Waals surface area contributed by atoms with Gasteiger partial charge in [-0.3, -0.25) is 4.31 Å². The molecule has 1 aliphatic carbocycles. The van der Waals surface area contributed by atoms with E-state index in [4.69, 9.17) is 12.2 Å². The van der Waals surface area contributed by atoms with Crippen LogP contribution >= 0.6 is 12.2 Å². The predicted molar refractivity (Wildman–Crippen MR) is 171 cm³/mol. The lowest BCUT2D eigenvalue weighted by molar-refractivity contribution is -0.258. The van der Waals surface area contributed by atoms with Gasteiger partial charge in [-0.2, -0.15) is 17.5 Å². The Morgan fingerprint density at radius 3 is 2.23 bits per heavy atom. The maximum atomic E-state index is 13.7. The largest absolute Gasteiger partial charge is 0.421 e. The quantitative estimate of drug-likeness (QED) is 0.356. The first-order valence-corrected chi connectivity index (χ1v) is 17.5. The highest BCUT2D eigenvalue weighted by atomic mass is 32.2. The Labute approximate surface area is 262 Å². The lowest BCUT2D eigenvalue weighted by atomic mass is 9.95. The standard InChI is InChI=1S/C30H36F3N3O5S3/c1-22(2)21-43(38,39)36(25-9-5-4-6-10-25)20-26-19-34(44(40,41)28-12-8-7-11-27(28)42)17-18-35(26)24-15-13-23(14-16-24)29(3,37)30(31,32)33/h4-10,12-16,22,26,37H,11,17-21H2,1-3H3/t26-,29-/m1/s1. The van der Waals surface area contributed by atoms with Gasteiger partial charge in [0.1, 0.15) is 0 Å². The monoisotopic (exact) mass is 671 g/mol. The van der Waals surface area contributed by atoms with Crippen molar-refractivity contribution in [2.24, 2.45) is 5.92 Å². The van der Waals surface area contributed by atoms with Crippen molar-refractivity contribution in [2.75, 3.05) is 41.1 Å². The van der Waals surface area contributed by atoms with Gasteiger partial charge in [0.05, 0.1) is 28.9 Å². The number of sulfonamides is 2. The first-order chi connectivity index (χ1) is 20.4. The minimum atomic E-state index is -4.90. The van der Waals surface area contributed by atoms with Crippen molar-refractivity contribution in [3.63, 3.8) is 0 Å². The number of nitrogens with zero attached hydrogens (tertiary/aromatic N) is 3. The van der Waals surface area contributed by atoms with Crippen molar-refractivity contribution in [1.82, 2.24) is 4.31 Å². The maximum absolute atomic E-state index is 13.7. The number of hydrogen-bond donors (Lipinski definition) is 1. The number of aliphatic hydroxyl groups is 1. The van der Waals surface area contributed by atoms with Crippen LogP contribution in [0, 0.1) is 5.92 Å². The van der Waals surface area contributed by atoms with Crippen LogP contribution in [-0.4, -0.2) is 75.3 Å². The summed E-state index contributed by atoms with van der Waals surface area (Å²) in [5, 5.41) is 10.1. The minimum absolute atomic E-state index is 0.0216. The SMILES string of the molecule is CC(C)CS(=O)(=O)N(C[C@H]1CN(S(=O)(=O)C2=CC=CCC2=S)CCN1c1ccc([C@@](C)(O)C(F)(F)F)cc1)c1ccccc1. The van der Waals surface area contributed by atoms with Gasteiger partial charge in [0, 0.05) is 36.6 Å². The average Bonchev–Trinajstić information content (AvgIpc) is 2.95. The second-order valence-electron chi connectivity index (χ2n) is 11.5. The molecule has 1 aliphatic heterocycles. The molecule has 14 heteroatoms. The van der Waals surface area contributed by atoms with E-state index in [1.165, 1.54) is 39.0 Å². The Morgan fingerprint density at radius 1 is 1.02 bits per heavy atom. The molecule has 1 fully saturated rings. The molecule has 8 nitrogen and oxygen atoms in total. The third-order valence-electron chi connectivity index (χ3n) is 7.64. The molecule has 1 heterocycles. The number of thiocarbonyl (C=S) groups is 1. The van der Waals surface area contributed by atoms with Gasteiger partial charge in [-0.1, -0.05) is 68.5 Å². The summed E-state index contributed by atoms with van der Waals surface area (Å²) in [6.07, 6.45) is 0.258. The zero-order valence-electron chi connectivity index (χ0n) is 24.6. The number of hydrogen-bond acceptors (Lipinski definition) is 7. The number of para-hydroxylation sites is 1. The van der Waals surface area contributed by atoms with Crippen LogP contribution in [-0.2, 0) is 25.6 Å². The first-order valence-electron chi connectivity index (χ1n) is 14.1. The molecule has 0 amide bonds. The molecule has 2 aliphatic rings. The van der Waals surface area contributed by atoms with Crippen LogP contribution < -0.4 is 9.21 Å². The van der Waals surface area contributed by atoms with Crippen molar-refractivity contribution < 1.29 is 35.1 Å². The molecular formula is C30H36F3N3O5S3. The molecular weight excluding hydrogens is 636 g/mol. The fraction of sp³-hybridized carbons (Fsp3) is 0.433. The maximum Gasteiger partial charge on any atom is 0.421 e. The summed E-state index contributed by atoms with van der Waals surface area (Å²) < 4.78 is 97.8. The summed E-state index contributed by atoms with van der Waals surface area (Å²) in [6, 6.07) is 12.9. The highest BCUT2D eigenvalue weighted by Gasteiger charge is 2.51. The fourth-order valence-electron chi connectivity index (χ4n) is 5.25. The van der Waals surface area contributed by atoms with Crippen LogP contribution in [0.4, 0.5) is 24.5 Å². The predicted octanol–water partition coefficient (Wildman–Crippen LogP) is 4.98. The zero-order chi connectivity index (χ0) is 32.5. The molecule has 44 heavy (non-hydrogen) atoms. The average molecular weight is 672 g/mol. The van der Waals surface area contributed by atoms with Crippen LogP contribution in [0.1, 0.15) is 32.8 Å². The normalized spacial score (nSPS) is 20.0. The highest BCUT2D eigenvalue weighted by molar-refractivity contribution is 7.96. The van der Waals surface area contributed by atoms with Crippen LogP contribution in [0.5, 0.6) is 0 Å². The summed E-state index contributed by atoms with van der Waals surface area (Å²) >= 11 is 5.34. The molecule has 0 spiro atoms. The minimum Gasteiger partial charge on any atom is -0.376 e. The molecule has 4 rings (SSSR count). The Balaban J connectivity index is 1.75. The molecule has 2 aromatic carbocycles. The number of rotatable bonds is 10. The van der Waals surface area contributed by atoms with E-state index >= 15 is 0 Å². The van der Waals surface area contributed by atoms with E-state index < -0.39 is 37.9 Å². The molecule has 0 radical (unpaired) electrons. The van der Waals surface area contributed by atoms with Gasteiger partial charge >= 0.3 is 6.18 Å². The van der Waals surface area contributed by atoms with Gasteiger partial charge in [-0.25, -0.2) is 16.8 Å². The van der Waals surface area contributed by atoms with Crippen molar-refractivity contribution in [1.29, 1.82) is 0 Å². The van der Waals surface area contributed by atoms with Gasteiger partial charge in [0.25, 0.3) is 0 Å². The molecule has 2 atom stereocenters. The number of piperazine rings is 1. The van der Waals surface area contributed by atoms with Gasteiger partial charge in [-0.05, 0) is 48.7 Å². The molecule has 0 saturated carbocycles. The summed E-state index contributed by atoms with van der Waals surface area (Å²) in [7, 11) is -7.89. The second kappa shape index (κ2) is 12.9. The van der Waals surface area contributed by atoms with Crippen molar-refractivity contribution in [3.05, 3.63) is 83.3 Å². The number of halogens is 3. The highest BCUT2D eigenvalue weighted by Crippen LogP contribution is 2.39. The van der Waals surface area contributed by atoms with Gasteiger partial charge in [0.2, 0.25) is 20.0 Å². The van der Waals surface area contributed by atoms with E-state index in [1.807, 2.05) is 0 Å². The lowest BCUT2D eigenvalue weighted by Crippen LogP contribution is -2.59. The number of allylic oxidation sites excluding steroid dienone is 4. The molecule has 240 valence electrons. The number of alkyl halides is 3. The topological polar surface area (TPSA) is 98.2 Å². The van der Waals surface area contributed by atoms with Crippen LogP contribution in [0.3, 0.4) is 0 Å². The third kappa shape index (κ3) is 7.20. The Kier molecular flexibility index (Phi) is 10.0. The Bertz CT molecular complexity index is 1620. The summed E-state index contributed by atoms with van der Waals surface area (Å²) in [6.45, 7) is 4.18. The Hall–Kier alpha value is -2.78. The number of anilines is 2. The van der Waals surface area contributed by atoms with Crippen molar-refractivity contribution >= 4 is 48.5 Å². The first kappa shape index (κ1) is 34.1. The van der Waals surface area contributed by atoms with Crippen LogP contribution in [0.15, 0.2) is 77.7 Å². The summed E-state index contributed by atoms with van der Waals surface area (Å²) in [5.74, 6) is -0.336. The van der Waals surface area contributed by atoms with E-state index in [1.54, 1.807) is 61.2 Å². The van der Waals surface area contributed by atoms with E-state index in [0.717, 1.165) is 0 Å². The lowest BCUT2D eigenvalue weighted by Gasteiger charge is -2.44. The van der Waals surface area contributed by atoms with E-state index in [9.17, 15) is 35.1 Å². The zero-order valence-corrected chi connectivity index (χ0v) is 27.1. The van der Waals surface area contributed by atoms with Gasteiger partial charge < -0.3 is 10.0 Å².